The van der Waals surface area contributed by atoms with E-state index in [4.69, 9.17) is 9.53 Å². The Balaban J connectivity index is 2.74. The third-order valence-electron chi connectivity index (χ3n) is 4.43. The molecule has 0 aromatic rings. The van der Waals surface area contributed by atoms with Crippen LogP contribution in [0.4, 0.5) is 4.79 Å². The lowest BCUT2D eigenvalue weighted by atomic mass is 10.0. The Hall–Kier alpha value is -0.553. The van der Waals surface area contributed by atoms with E-state index in [9.17, 15) is 4.79 Å². The molecule has 4 nitrogen and oxygen atoms in total. The molecule has 106 valence electrons. The SMILES string of the molecule is CCC1CN(C(=O)O)CC1O[Si](C)(C)C(C)(C)C. The van der Waals surface area contributed by atoms with Crippen LogP contribution in [-0.2, 0) is 4.43 Å². The van der Waals surface area contributed by atoms with Crippen LogP contribution in [0.2, 0.25) is 18.1 Å². The Bertz CT molecular complexity index is 312. The lowest BCUT2D eigenvalue weighted by molar-refractivity contribution is 0.135. The minimum atomic E-state index is -1.81. The van der Waals surface area contributed by atoms with Crippen LogP contribution in [0.15, 0.2) is 0 Å². The number of rotatable bonds is 3. The quantitative estimate of drug-likeness (QED) is 0.802. The molecule has 1 aliphatic rings. The van der Waals surface area contributed by atoms with Crippen molar-refractivity contribution in [3.05, 3.63) is 0 Å². The second kappa shape index (κ2) is 5.21. The molecule has 0 aromatic heterocycles. The van der Waals surface area contributed by atoms with Crippen molar-refractivity contribution in [1.82, 2.24) is 4.90 Å². The molecule has 1 aliphatic heterocycles. The van der Waals surface area contributed by atoms with Gasteiger partial charge < -0.3 is 14.4 Å². The highest BCUT2D eigenvalue weighted by Crippen LogP contribution is 2.39. The molecule has 2 atom stereocenters. The monoisotopic (exact) mass is 273 g/mol. The van der Waals surface area contributed by atoms with Crippen molar-refractivity contribution >= 4 is 14.4 Å². The van der Waals surface area contributed by atoms with Gasteiger partial charge in [-0.3, -0.25) is 0 Å². The zero-order valence-corrected chi connectivity index (χ0v) is 13.5. The summed E-state index contributed by atoms with van der Waals surface area (Å²) in [6.45, 7) is 14.3. The molecule has 1 fully saturated rings. The molecule has 18 heavy (non-hydrogen) atoms. The lowest BCUT2D eigenvalue weighted by Gasteiger charge is -2.39. The number of amides is 1. The molecule has 0 bridgehead atoms. The summed E-state index contributed by atoms with van der Waals surface area (Å²) >= 11 is 0. The minimum Gasteiger partial charge on any atom is -0.465 e. The standard InChI is InChI=1S/C13H27NO3Si/c1-7-10-8-14(12(15)16)9-11(10)17-18(5,6)13(2,3)4/h10-11H,7-9H2,1-6H3,(H,15,16). The number of carboxylic acid groups (broad SMARTS) is 1. The number of carbonyl (C=O) groups is 1. The predicted octanol–water partition coefficient (Wildman–Crippen LogP) is 3.40. The first kappa shape index (κ1) is 15.5. The predicted molar refractivity (Wildman–Crippen MR) is 75.4 cm³/mol. The first-order valence-electron chi connectivity index (χ1n) is 6.74. The molecule has 0 spiro atoms. The van der Waals surface area contributed by atoms with Crippen LogP contribution in [0.1, 0.15) is 34.1 Å². The van der Waals surface area contributed by atoms with Gasteiger partial charge in [0.05, 0.1) is 6.10 Å². The second-order valence-corrected chi connectivity index (χ2v) is 11.5. The highest BCUT2D eigenvalue weighted by molar-refractivity contribution is 6.74. The third-order valence-corrected chi connectivity index (χ3v) is 8.93. The van der Waals surface area contributed by atoms with E-state index in [1.807, 2.05) is 0 Å². The summed E-state index contributed by atoms with van der Waals surface area (Å²) in [7, 11) is -1.81. The van der Waals surface area contributed by atoms with Crippen molar-refractivity contribution in [2.45, 2.75) is 58.4 Å². The van der Waals surface area contributed by atoms with Crippen LogP contribution in [0.25, 0.3) is 0 Å². The molecular weight excluding hydrogens is 246 g/mol. The molecule has 1 amide bonds. The molecule has 1 saturated heterocycles. The maximum atomic E-state index is 11.1. The smallest absolute Gasteiger partial charge is 0.407 e. The maximum Gasteiger partial charge on any atom is 0.407 e. The van der Waals surface area contributed by atoms with E-state index in [0.717, 1.165) is 6.42 Å². The van der Waals surface area contributed by atoms with Crippen LogP contribution < -0.4 is 0 Å². The van der Waals surface area contributed by atoms with Gasteiger partial charge in [-0.05, 0) is 24.6 Å². The van der Waals surface area contributed by atoms with E-state index >= 15 is 0 Å². The summed E-state index contributed by atoms with van der Waals surface area (Å²) in [5, 5.41) is 9.25. The van der Waals surface area contributed by atoms with E-state index in [1.165, 1.54) is 4.90 Å². The first-order valence-corrected chi connectivity index (χ1v) is 9.65. The van der Waals surface area contributed by atoms with Crippen molar-refractivity contribution in [3.63, 3.8) is 0 Å². The maximum absolute atomic E-state index is 11.1. The van der Waals surface area contributed by atoms with Gasteiger partial charge in [0.2, 0.25) is 0 Å². The van der Waals surface area contributed by atoms with Gasteiger partial charge >= 0.3 is 6.09 Å². The molecule has 0 radical (unpaired) electrons. The van der Waals surface area contributed by atoms with E-state index in [-0.39, 0.29) is 11.1 Å². The number of nitrogens with zero attached hydrogens (tertiary/aromatic N) is 1. The van der Waals surface area contributed by atoms with Crippen LogP contribution in [0.5, 0.6) is 0 Å². The normalized spacial score (nSPS) is 25.6. The number of hydrogen-bond acceptors (Lipinski definition) is 2. The Labute approximate surface area is 111 Å². The Morgan fingerprint density at radius 3 is 2.33 bits per heavy atom. The van der Waals surface area contributed by atoms with E-state index in [0.29, 0.717) is 19.0 Å². The summed E-state index contributed by atoms with van der Waals surface area (Å²) in [5.74, 6) is 0.343. The zero-order chi connectivity index (χ0) is 14.1. The van der Waals surface area contributed by atoms with Crippen molar-refractivity contribution in [1.29, 1.82) is 0 Å². The van der Waals surface area contributed by atoms with Gasteiger partial charge in [0, 0.05) is 19.0 Å². The summed E-state index contributed by atoms with van der Waals surface area (Å²) in [5.41, 5.74) is 0. The summed E-state index contributed by atoms with van der Waals surface area (Å²) in [6.07, 6.45) is 0.227. The van der Waals surface area contributed by atoms with Crippen LogP contribution in [-0.4, -0.2) is 43.6 Å². The first-order chi connectivity index (χ1) is 8.08. The van der Waals surface area contributed by atoms with Crippen molar-refractivity contribution in [3.8, 4) is 0 Å². The summed E-state index contributed by atoms with van der Waals surface area (Å²) < 4.78 is 6.38. The molecule has 0 aliphatic carbocycles. The molecule has 1 heterocycles. The van der Waals surface area contributed by atoms with E-state index < -0.39 is 14.4 Å². The van der Waals surface area contributed by atoms with Crippen LogP contribution in [0.3, 0.4) is 0 Å². The topological polar surface area (TPSA) is 49.8 Å². The highest BCUT2D eigenvalue weighted by atomic mass is 28.4. The summed E-state index contributed by atoms with van der Waals surface area (Å²) in [4.78, 5) is 12.5. The van der Waals surface area contributed by atoms with Gasteiger partial charge in [0.15, 0.2) is 8.32 Å². The van der Waals surface area contributed by atoms with Gasteiger partial charge in [-0.25, -0.2) is 4.79 Å². The number of likely N-dealkylation sites (tertiary alicyclic amines) is 1. The largest absolute Gasteiger partial charge is 0.465 e. The van der Waals surface area contributed by atoms with Gasteiger partial charge in [-0.15, -0.1) is 0 Å². The molecule has 5 heteroatoms. The highest BCUT2D eigenvalue weighted by Gasteiger charge is 2.43. The molecule has 2 unspecified atom stereocenters. The zero-order valence-electron chi connectivity index (χ0n) is 12.5. The summed E-state index contributed by atoms with van der Waals surface area (Å²) in [6, 6.07) is 0. The van der Waals surface area contributed by atoms with E-state index in [1.54, 1.807) is 0 Å². The average molecular weight is 273 g/mol. The fraction of sp³-hybridized carbons (Fsp3) is 0.923. The lowest BCUT2D eigenvalue weighted by Crippen LogP contribution is -2.46. The number of hydrogen-bond donors (Lipinski definition) is 1. The van der Waals surface area contributed by atoms with Crippen molar-refractivity contribution < 1.29 is 14.3 Å². The fourth-order valence-electron chi connectivity index (χ4n) is 2.08. The second-order valence-electron chi connectivity index (χ2n) is 6.77. The third kappa shape index (κ3) is 3.26. The van der Waals surface area contributed by atoms with Crippen molar-refractivity contribution in [2.24, 2.45) is 5.92 Å². The fourth-order valence-corrected chi connectivity index (χ4v) is 3.46. The Morgan fingerprint density at radius 1 is 1.39 bits per heavy atom. The molecule has 0 aromatic carbocycles. The Kier molecular flexibility index (Phi) is 4.49. The van der Waals surface area contributed by atoms with E-state index in [2.05, 4.69) is 40.8 Å². The van der Waals surface area contributed by atoms with Gasteiger partial charge in [0.1, 0.15) is 0 Å². The minimum absolute atomic E-state index is 0.0759. The molecular formula is C13H27NO3Si. The molecule has 0 saturated carbocycles. The Morgan fingerprint density at radius 2 is 1.94 bits per heavy atom. The van der Waals surface area contributed by atoms with Gasteiger partial charge in [-0.1, -0.05) is 27.7 Å². The molecule has 1 rings (SSSR count). The van der Waals surface area contributed by atoms with Gasteiger partial charge in [0.25, 0.3) is 0 Å². The van der Waals surface area contributed by atoms with Crippen LogP contribution >= 0.6 is 0 Å². The van der Waals surface area contributed by atoms with Crippen LogP contribution in [0, 0.1) is 5.92 Å². The molecule has 1 N–H and O–H groups in total. The average Bonchev–Trinajstić information content (AvgIpc) is 2.58. The van der Waals surface area contributed by atoms with Gasteiger partial charge in [-0.2, -0.15) is 0 Å². The van der Waals surface area contributed by atoms with Crippen molar-refractivity contribution in [2.75, 3.05) is 13.1 Å².